The Morgan fingerprint density at radius 1 is 1.23 bits per heavy atom. The highest BCUT2D eigenvalue weighted by molar-refractivity contribution is 7.09. The summed E-state index contributed by atoms with van der Waals surface area (Å²) in [6.45, 7) is 1.85. The quantitative estimate of drug-likeness (QED) is 0.785. The molecule has 2 aromatic rings. The largest absolute Gasteiger partial charge is 0.391 e. The van der Waals surface area contributed by atoms with Crippen molar-refractivity contribution in [3.63, 3.8) is 0 Å². The highest BCUT2D eigenvalue weighted by Gasteiger charge is 2.16. The van der Waals surface area contributed by atoms with Crippen molar-refractivity contribution in [3.05, 3.63) is 58.3 Å². The number of aliphatic hydroxyl groups is 1. The zero-order valence-electron chi connectivity index (χ0n) is 12.9. The van der Waals surface area contributed by atoms with Gasteiger partial charge in [0, 0.05) is 17.7 Å². The van der Waals surface area contributed by atoms with E-state index in [2.05, 4.69) is 16.8 Å². The average Bonchev–Trinajstić information content (AvgIpc) is 3.01. The molecular weight excluding hydrogens is 294 g/mol. The number of amides is 1. The number of carbonyl (C=O) groups is 1. The molecule has 0 bridgehead atoms. The molecule has 3 nitrogen and oxygen atoms in total. The molecular formula is C18H23NO2S. The monoisotopic (exact) mass is 317 g/mol. The SMILES string of the molecule is CC(NC(=O)CCCc1cccs1)C(O)Cc1ccccc1. The number of benzene rings is 1. The molecule has 0 aliphatic carbocycles. The first-order valence-corrected chi connectivity index (χ1v) is 8.57. The first-order chi connectivity index (χ1) is 10.6. The van der Waals surface area contributed by atoms with Crippen molar-refractivity contribution in [2.75, 3.05) is 0 Å². The molecule has 1 aromatic carbocycles. The minimum atomic E-state index is -0.566. The van der Waals surface area contributed by atoms with Gasteiger partial charge in [-0.15, -0.1) is 11.3 Å². The van der Waals surface area contributed by atoms with E-state index < -0.39 is 6.10 Å². The van der Waals surface area contributed by atoms with Crippen LogP contribution < -0.4 is 5.32 Å². The Kier molecular flexibility index (Phi) is 6.62. The van der Waals surface area contributed by atoms with Crippen molar-refractivity contribution >= 4 is 17.2 Å². The predicted octanol–water partition coefficient (Wildman–Crippen LogP) is 3.18. The summed E-state index contributed by atoms with van der Waals surface area (Å²) in [7, 11) is 0. The number of aliphatic hydroxyl groups excluding tert-OH is 1. The molecule has 118 valence electrons. The molecule has 22 heavy (non-hydrogen) atoms. The van der Waals surface area contributed by atoms with Crippen LogP contribution in [0.2, 0.25) is 0 Å². The van der Waals surface area contributed by atoms with Gasteiger partial charge in [0.05, 0.1) is 12.1 Å². The third-order valence-electron chi connectivity index (χ3n) is 3.66. The fourth-order valence-electron chi connectivity index (χ4n) is 2.33. The lowest BCUT2D eigenvalue weighted by Crippen LogP contribution is -2.42. The number of carbonyl (C=O) groups excluding carboxylic acids is 1. The van der Waals surface area contributed by atoms with Gasteiger partial charge < -0.3 is 10.4 Å². The van der Waals surface area contributed by atoms with Gasteiger partial charge in [0.25, 0.3) is 0 Å². The van der Waals surface area contributed by atoms with Crippen molar-refractivity contribution in [2.24, 2.45) is 0 Å². The van der Waals surface area contributed by atoms with E-state index in [1.807, 2.05) is 43.3 Å². The summed E-state index contributed by atoms with van der Waals surface area (Å²) in [5, 5.41) is 15.1. The van der Waals surface area contributed by atoms with Crippen molar-refractivity contribution in [3.8, 4) is 0 Å². The zero-order chi connectivity index (χ0) is 15.8. The zero-order valence-corrected chi connectivity index (χ0v) is 13.7. The van der Waals surface area contributed by atoms with Crippen LogP contribution in [-0.2, 0) is 17.6 Å². The summed E-state index contributed by atoms with van der Waals surface area (Å²) in [4.78, 5) is 13.2. The van der Waals surface area contributed by atoms with Gasteiger partial charge in [-0.3, -0.25) is 4.79 Å². The second-order valence-corrected chi connectivity index (χ2v) is 6.58. The topological polar surface area (TPSA) is 49.3 Å². The summed E-state index contributed by atoms with van der Waals surface area (Å²) in [5.41, 5.74) is 1.08. The van der Waals surface area contributed by atoms with Crippen LogP contribution in [0.3, 0.4) is 0 Å². The smallest absolute Gasteiger partial charge is 0.220 e. The van der Waals surface area contributed by atoms with Gasteiger partial charge >= 0.3 is 0 Å². The predicted molar refractivity (Wildman–Crippen MR) is 91.0 cm³/mol. The van der Waals surface area contributed by atoms with E-state index in [4.69, 9.17) is 0 Å². The molecule has 1 aromatic heterocycles. The second kappa shape index (κ2) is 8.71. The Morgan fingerprint density at radius 3 is 2.68 bits per heavy atom. The lowest BCUT2D eigenvalue weighted by atomic mass is 10.0. The Bertz CT molecular complexity index is 554. The van der Waals surface area contributed by atoms with Gasteiger partial charge in [0.1, 0.15) is 0 Å². The lowest BCUT2D eigenvalue weighted by molar-refractivity contribution is -0.122. The van der Waals surface area contributed by atoms with Gasteiger partial charge in [-0.25, -0.2) is 0 Å². The molecule has 0 saturated heterocycles. The third-order valence-corrected chi connectivity index (χ3v) is 4.60. The summed E-state index contributed by atoms with van der Waals surface area (Å²) < 4.78 is 0. The molecule has 0 aliphatic heterocycles. The number of thiophene rings is 1. The lowest BCUT2D eigenvalue weighted by Gasteiger charge is -2.20. The van der Waals surface area contributed by atoms with E-state index in [-0.39, 0.29) is 11.9 Å². The Morgan fingerprint density at radius 2 is 2.00 bits per heavy atom. The molecule has 2 rings (SSSR count). The summed E-state index contributed by atoms with van der Waals surface area (Å²) in [6.07, 6.45) is 2.26. The maximum atomic E-state index is 11.9. The number of rotatable bonds is 8. The molecule has 2 N–H and O–H groups in total. The van der Waals surface area contributed by atoms with E-state index >= 15 is 0 Å². The van der Waals surface area contributed by atoms with Crippen LogP contribution in [0.1, 0.15) is 30.2 Å². The van der Waals surface area contributed by atoms with Crippen LogP contribution in [0, 0.1) is 0 Å². The molecule has 4 heteroatoms. The summed E-state index contributed by atoms with van der Waals surface area (Å²) >= 11 is 1.72. The van der Waals surface area contributed by atoms with E-state index in [9.17, 15) is 9.90 Å². The first kappa shape index (κ1) is 16.7. The molecule has 2 atom stereocenters. The molecule has 2 unspecified atom stereocenters. The summed E-state index contributed by atoms with van der Waals surface area (Å²) in [6, 6.07) is 13.7. The van der Waals surface area contributed by atoms with Crippen LogP contribution in [0.5, 0.6) is 0 Å². The fourth-order valence-corrected chi connectivity index (χ4v) is 3.08. The van der Waals surface area contributed by atoms with Gasteiger partial charge in [0.2, 0.25) is 5.91 Å². The second-order valence-electron chi connectivity index (χ2n) is 5.55. The molecule has 1 heterocycles. The van der Waals surface area contributed by atoms with E-state index in [1.165, 1.54) is 4.88 Å². The third kappa shape index (κ3) is 5.62. The molecule has 0 spiro atoms. The van der Waals surface area contributed by atoms with Crippen molar-refractivity contribution in [2.45, 2.75) is 44.8 Å². The summed E-state index contributed by atoms with van der Waals surface area (Å²) in [5.74, 6) is 0.0103. The number of nitrogens with one attached hydrogen (secondary N) is 1. The van der Waals surface area contributed by atoms with Crippen molar-refractivity contribution in [1.29, 1.82) is 0 Å². The maximum Gasteiger partial charge on any atom is 0.220 e. The minimum absolute atomic E-state index is 0.0103. The normalized spacial score (nSPS) is 13.5. The van der Waals surface area contributed by atoms with E-state index in [0.717, 1.165) is 18.4 Å². The molecule has 0 fully saturated rings. The van der Waals surface area contributed by atoms with Crippen LogP contribution in [0.15, 0.2) is 47.8 Å². The van der Waals surface area contributed by atoms with E-state index in [1.54, 1.807) is 11.3 Å². The van der Waals surface area contributed by atoms with Gasteiger partial charge in [-0.1, -0.05) is 36.4 Å². The first-order valence-electron chi connectivity index (χ1n) is 7.69. The Balaban J connectivity index is 1.68. The minimum Gasteiger partial charge on any atom is -0.391 e. The van der Waals surface area contributed by atoms with Crippen LogP contribution in [-0.4, -0.2) is 23.2 Å². The Labute approximate surface area is 136 Å². The van der Waals surface area contributed by atoms with Crippen LogP contribution in [0.25, 0.3) is 0 Å². The van der Waals surface area contributed by atoms with Crippen molar-refractivity contribution in [1.82, 2.24) is 5.32 Å². The van der Waals surface area contributed by atoms with Crippen molar-refractivity contribution < 1.29 is 9.90 Å². The van der Waals surface area contributed by atoms with Gasteiger partial charge in [0.15, 0.2) is 0 Å². The van der Waals surface area contributed by atoms with E-state index in [0.29, 0.717) is 12.8 Å². The molecule has 0 saturated carbocycles. The van der Waals surface area contributed by atoms with Crippen LogP contribution in [0.4, 0.5) is 0 Å². The molecule has 0 radical (unpaired) electrons. The maximum absolute atomic E-state index is 11.9. The number of hydrogen-bond donors (Lipinski definition) is 2. The highest BCUT2D eigenvalue weighted by Crippen LogP contribution is 2.12. The Hall–Kier alpha value is -1.65. The fraction of sp³-hybridized carbons (Fsp3) is 0.389. The highest BCUT2D eigenvalue weighted by atomic mass is 32.1. The standard InChI is InChI=1S/C18H23NO2S/c1-14(17(20)13-15-7-3-2-4-8-15)19-18(21)11-5-9-16-10-6-12-22-16/h2-4,6-8,10,12,14,17,20H,5,9,11,13H2,1H3,(H,19,21). The molecule has 0 aliphatic rings. The van der Waals surface area contributed by atoms with Crippen LogP contribution >= 0.6 is 11.3 Å². The number of hydrogen-bond acceptors (Lipinski definition) is 3. The number of aryl methyl sites for hydroxylation is 1. The van der Waals surface area contributed by atoms with Gasteiger partial charge in [-0.2, -0.15) is 0 Å². The average molecular weight is 317 g/mol. The van der Waals surface area contributed by atoms with Gasteiger partial charge in [-0.05, 0) is 36.8 Å². The molecule has 1 amide bonds.